The molecule has 4 heterocycles. The van der Waals surface area contributed by atoms with Crippen LogP contribution >= 0.6 is 11.6 Å². The predicted molar refractivity (Wildman–Crippen MR) is 128 cm³/mol. The molecule has 0 amide bonds. The van der Waals surface area contributed by atoms with Crippen LogP contribution in [0.25, 0.3) is 0 Å². The van der Waals surface area contributed by atoms with Gasteiger partial charge in [0.2, 0.25) is 0 Å². The van der Waals surface area contributed by atoms with Crippen LogP contribution in [-0.4, -0.2) is 43.2 Å². The van der Waals surface area contributed by atoms with E-state index in [4.69, 9.17) is 11.6 Å². The van der Waals surface area contributed by atoms with E-state index in [1.165, 1.54) is 18.2 Å². The van der Waals surface area contributed by atoms with E-state index in [-0.39, 0.29) is 29.2 Å². The van der Waals surface area contributed by atoms with Gasteiger partial charge in [-0.1, -0.05) is 23.7 Å². The molecule has 3 atom stereocenters. The summed E-state index contributed by atoms with van der Waals surface area (Å²) >= 11 is 5.95. The van der Waals surface area contributed by atoms with Crippen LogP contribution < -0.4 is 5.32 Å². The van der Waals surface area contributed by atoms with Gasteiger partial charge in [-0.15, -0.1) is 0 Å². The Morgan fingerprint density at radius 2 is 1.97 bits per heavy atom. The van der Waals surface area contributed by atoms with Crippen molar-refractivity contribution in [3.63, 3.8) is 0 Å². The fraction of sp³-hybridized carbons (Fsp3) is 0.400. The van der Waals surface area contributed by atoms with Gasteiger partial charge in [-0.05, 0) is 50.8 Å². The van der Waals surface area contributed by atoms with Crippen molar-refractivity contribution in [1.29, 1.82) is 0 Å². The van der Waals surface area contributed by atoms with E-state index in [1.54, 1.807) is 18.2 Å². The van der Waals surface area contributed by atoms with E-state index in [9.17, 15) is 18.7 Å². The van der Waals surface area contributed by atoms with Crippen LogP contribution in [0.5, 0.6) is 0 Å². The lowest BCUT2D eigenvalue weighted by Gasteiger charge is -2.44. The first kappa shape index (κ1) is 23.7. The van der Waals surface area contributed by atoms with E-state index < -0.39 is 23.0 Å². The van der Waals surface area contributed by atoms with Crippen LogP contribution in [0.3, 0.4) is 0 Å². The number of hydrogen-bond acceptors (Lipinski definition) is 5. The normalized spacial score (nSPS) is 24.0. The molecule has 0 spiro atoms. The van der Waals surface area contributed by atoms with Gasteiger partial charge in [0.15, 0.2) is 5.82 Å². The number of halogens is 3. The molecule has 0 saturated carbocycles. The molecule has 1 aromatic carbocycles. The highest BCUT2D eigenvalue weighted by Crippen LogP contribution is 2.48. The number of aliphatic carboxylic acids is 1. The fourth-order valence-corrected chi connectivity index (χ4v) is 5.76. The predicted octanol–water partition coefficient (Wildman–Crippen LogP) is 5.23. The monoisotopic (exact) mass is 501 g/mol. The molecule has 2 aromatic heterocycles. The van der Waals surface area contributed by atoms with Crippen molar-refractivity contribution in [2.45, 2.75) is 57.7 Å². The van der Waals surface area contributed by atoms with Crippen LogP contribution in [0, 0.1) is 24.0 Å². The molecule has 2 fully saturated rings. The summed E-state index contributed by atoms with van der Waals surface area (Å²) in [5.41, 5.74) is 0.320. The van der Waals surface area contributed by atoms with Gasteiger partial charge in [0, 0.05) is 42.4 Å². The van der Waals surface area contributed by atoms with Gasteiger partial charge in [0.1, 0.15) is 17.5 Å². The number of benzene rings is 1. The Kier molecular flexibility index (Phi) is 6.23. The lowest BCUT2D eigenvalue weighted by Crippen LogP contribution is -2.51. The quantitative estimate of drug-likeness (QED) is 0.410. The molecular formula is C25H26ClF2N5O2. The Hall–Kier alpha value is -3.04. The summed E-state index contributed by atoms with van der Waals surface area (Å²) in [6.07, 6.45) is 2.31. The second kappa shape index (κ2) is 9.20. The zero-order valence-corrected chi connectivity index (χ0v) is 19.9. The summed E-state index contributed by atoms with van der Waals surface area (Å²) in [6, 6.07) is 9.44. The number of carboxylic acids is 1. The number of H-pyrrole nitrogens is 1. The third-order valence-corrected chi connectivity index (χ3v) is 7.54. The highest BCUT2D eigenvalue weighted by molar-refractivity contribution is 6.30. The largest absolute Gasteiger partial charge is 0.481 e. The molecular weight excluding hydrogens is 476 g/mol. The number of piperidine rings is 1. The topological polar surface area (TPSA) is 94.1 Å². The number of aromatic nitrogens is 3. The Labute approximate surface area is 206 Å². The molecule has 1 unspecified atom stereocenters. The van der Waals surface area contributed by atoms with Crippen molar-refractivity contribution in [2.75, 3.05) is 5.32 Å². The minimum Gasteiger partial charge on any atom is -0.481 e. The molecule has 2 bridgehead atoms. The third kappa shape index (κ3) is 4.62. The Balaban J connectivity index is 1.37. The SMILES string of the molecule is Cc1cc(Nc2ccc(F)c(CC3(C(=O)O)C[C@H]4CC[C@@H](C3)N4Cc3cccc(Cl)c3F)n2)n[nH]1. The lowest BCUT2D eigenvalue weighted by molar-refractivity contribution is -0.154. The number of aryl methyl sites for hydroxylation is 1. The molecule has 2 saturated heterocycles. The van der Waals surface area contributed by atoms with Gasteiger partial charge >= 0.3 is 5.97 Å². The van der Waals surface area contributed by atoms with Crippen LogP contribution in [0.15, 0.2) is 36.4 Å². The summed E-state index contributed by atoms with van der Waals surface area (Å²) in [6.45, 7) is 2.23. The molecule has 0 aliphatic carbocycles. The molecule has 2 aliphatic rings. The molecule has 3 N–H and O–H groups in total. The van der Waals surface area contributed by atoms with Gasteiger partial charge in [0.25, 0.3) is 0 Å². The first-order valence-electron chi connectivity index (χ1n) is 11.6. The average Bonchev–Trinajstić information content (AvgIpc) is 3.32. The van der Waals surface area contributed by atoms with E-state index in [0.29, 0.717) is 36.6 Å². The number of carbonyl (C=O) groups is 1. The summed E-state index contributed by atoms with van der Waals surface area (Å²) in [7, 11) is 0. The first-order chi connectivity index (χ1) is 16.7. The maximum absolute atomic E-state index is 14.8. The molecule has 3 aromatic rings. The second-order valence-electron chi connectivity index (χ2n) is 9.63. The molecule has 5 rings (SSSR count). The van der Waals surface area contributed by atoms with Crippen LogP contribution in [0.1, 0.15) is 42.6 Å². The Morgan fingerprint density at radius 3 is 2.63 bits per heavy atom. The molecule has 35 heavy (non-hydrogen) atoms. The van der Waals surface area contributed by atoms with Crippen LogP contribution in [0.4, 0.5) is 20.4 Å². The van der Waals surface area contributed by atoms with Crippen molar-refractivity contribution >= 4 is 29.2 Å². The van der Waals surface area contributed by atoms with Crippen molar-refractivity contribution in [2.24, 2.45) is 5.41 Å². The number of pyridine rings is 1. The van der Waals surface area contributed by atoms with Gasteiger partial charge < -0.3 is 10.4 Å². The van der Waals surface area contributed by atoms with Crippen molar-refractivity contribution in [3.8, 4) is 0 Å². The number of anilines is 2. The number of hydrogen-bond donors (Lipinski definition) is 3. The van der Waals surface area contributed by atoms with Gasteiger partial charge in [-0.25, -0.2) is 13.8 Å². The van der Waals surface area contributed by atoms with E-state index in [0.717, 1.165) is 18.5 Å². The fourth-order valence-electron chi connectivity index (χ4n) is 5.57. The minimum atomic E-state index is -1.15. The first-order valence-corrected chi connectivity index (χ1v) is 12.0. The molecule has 10 heteroatoms. The molecule has 184 valence electrons. The van der Waals surface area contributed by atoms with Gasteiger partial charge in [0.05, 0.1) is 16.1 Å². The molecule has 0 radical (unpaired) electrons. The number of nitrogens with one attached hydrogen (secondary N) is 2. The number of fused-ring (bicyclic) bond motifs is 2. The summed E-state index contributed by atoms with van der Waals surface area (Å²) < 4.78 is 29.3. The third-order valence-electron chi connectivity index (χ3n) is 7.25. The van der Waals surface area contributed by atoms with Gasteiger partial charge in [-0.2, -0.15) is 5.10 Å². The smallest absolute Gasteiger partial charge is 0.310 e. The van der Waals surface area contributed by atoms with Gasteiger partial charge in [-0.3, -0.25) is 14.8 Å². The van der Waals surface area contributed by atoms with E-state index >= 15 is 0 Å². The summed E-state index contributed by atoms with van der Waals surface area (Å²) in [4.78, 5) is 19.2. The maximum Gasteiger partial charge on any atom is 0.310 e. The zero-order chi connectivity index (χ0) is 24.7. The standard InChI is InChI=1S/C25H26ClF2N5O2/c1-14-9-22(32-31-14)30-21-8-7-19(27)20(29-21)12-25(24(34)35)10-16-5-6-17(11-25)33(16)13-15-3-2-4-18(26)23(15)28/h2-4,7-9,16-17H,5-6,10-13H2,1H3,(H,34,35)(H2,29,30,31,32)/t16-,17+,25?. The summed E-state index contributed by atoms with van der Waals surface area (Å²) in [5.74, 6) is -0.993. The van der Waals surface area contributed by atoms with Crippen molar-refractivity contribution < 1.29 is 18.7 Å². The lowest BCUT2D eigenvalue weighted by atomic mass is 9.71. The zero-order valence-electron chi connectivity index (χ0n) is 19.2. The van der Waals surface area contributed by atoms with E-state index in [2.05, 4.69) is 25.4 Å². The van der Waals surface area contributed by atoms with Crippen molar-refractivity contribution in [3.05, 3.63) is 70.0 Å². The molecule has 2 aliphatic heterocycles. The average molecular weight is 502 g/mol. The van der Waals surface area contributed by atoms with Crippen molar-refractivity contribution in [1.82, 2.24) is 20.1 Å². The number of carboxylic acid groups (broad SMARTS) is 1. The Bertz CT molecular complexity index is 1250. The summed E-state index contributed by atoms with van der Waals surface area (Å²) in [5, 5.41) is 20.3. The number of nitrogens with zero attached hydrogens (tertiary/aromatic N) is 3. The highest BCUT2D eigenvalue weighted by Gasteiger charge is 2.52. The maximum atomic E-state index is 14.8. The van der Waals surface area contributed by atoms with Crippen LogP contribution in [-0.2, 0) is 17.8 Å². The molecule has 7 nitrogen and oxygen atoms in total. The van der Waals surface area contributed by atoms with Crippen LogP contribution in [0.2, 0.25) is 5.02 Å². The second-order valence-corrected chi connectivity index (χ2v) is 10.0. The van der Waals surface area contributed by atoms with E-state index in [1.807, 2.05) is 6.92 Å². The highest BCUT2D eigenvalue weighted by atomic mass is 35.5. The minimum absolute atomic E-state index is 0.0182. The number of aromatic amines is 1. The number of rotatable bonds is 7. The Morgan fingerprint density at radius 1 is 1.23 bits per heavy atom.